The molecule has 0 aliphatic heterocycles. The van der Waals surface area contributed by atoms with Gasteiger partial charge in [-0.15, -0.1) is 0 Å². The molecule has 1 rings (SSSR count). The van der Waals surface area contributed by atoms with Gasteiger partial charge in [-0.25, -0.2) is 9.97 Å². The van der Waals surface area contributed by atoms with Gasteiger partial charge in [-0.3, -0.25) is 0 Å². The summed E-state index contributed by atoms with van der Waals surface area (Å²) in [6.45, 7) is 9.90. The number of aliphatic hydroxyl groups is 1. The lowest BCUT2D eigenvalue weighted by molar-refractivity contribution is 0.0727. The lowest BCUT2D eigenvalue weighted by atomic mass is 9.96. The van der Waals surface area contributed by atoms with E-state index in [1.165, 1.54) is 0 Å². The van der Waals surface area contributed by atoms with Gasteiger partial charge in [0.25, 0.3) is 0 Å². The second kappa shape index (κ2) is 8.14. The maximum atomic E-state index is 9.70. The number of ether oxygens (including phenoxy) is 1. The minimum Gasteiger partial charge on any atom is -0.389 e. The molecular weight excluding hydrogens is 268 g/mol. The van der Waals surface area contributed by atoms with Crippen molar-refractivity contribution in [2.24, 2.45) is 0 Å². The normalized spacial score (nSPS) is 13.0. The molecule has 1 atom stereocenters. The van der Waals surface area contributed by atoms with Crippen LogP contribution in [0.1, 0.15) is 39.9 Å². The molecule has 1 aromatic rings. The number of nitrogens with one attached hydrogen (secondary N) is 2. The highest BCUT2D eigenvalue weighted by atomic mass is 16.5. The van der Waals surface area contributed by atoms with Crippen LogP contribution >= 0.6 is 0 Å². The van der Waals surface area contributed by atoms with Crippen molar-refractivity contribution < 1.29 is 9.84 Å². The Kier molecular flexibility index (Phi) is 6.84. The predicted molar refractivity (Wildman–Crippen MR) is 85.9 cm³/mol. The van der Waals surface area contributed by atoms with Crippen LogP contribution in [0.4, 0.5) is 11.6 Å². The fraction of sp³-hybridized carbons (Fsp3) is 0.733. The smallest absolute Gasteiger partial charge is 0.138 e. The summed E-state index contributed by atoms with van der Waals surface area (Å²) in [5, 5.41) is 16.1. The first kappa shape index (κ1) is 17.7. The zero-order valence-electron chi connectivity index (χ0n) is 13.7. The summed E-state index contributed by atoms with van der Waals surface area (Å²) in [7, 11) is 1.57. The Morgan fingerprint density at radius 2 is 1.86 bits per heavy atom. The quantitative estimate of drug-likeness (QED) is 0.681. The molecule has 6 nitrogen and oxygen atoms in total. The highest BCUT2D eigenvalue weighted by Gasteiger charge is 2.19. The van der Waals surface area contributed by atoms with E-state index in [2.05, 4.69) is 48.3 Å². The summed E-state index contributed by atoms with van der Waals surface area (Å²) in [6, 6.07) is 1.87. The van der Waals surface area contributed by atoms with Crippen LogP contribution in [0.2, 0.25) is 0 Å². The van der Waals surface area contributed by atoms with E-state index >= 15 is 0 Å². The molecule has 3 N–H and O–H groups in total. The molecule has 0 saturated heterocycles. The summed E-state index contributed by atoms with van der Waals surface area (Å²) in [6.07, 6.45) is 0.472. The summed E-state index contributed by atoms with van der Waals surface area (Å²) in [5.41, 5.74) is -0.133. The summed E-state index contributed by atoms with van der Waals surface area (Å²) in [4.78, 5) is 9.09. The Labute approximate surface area is 127 Å². The molecule has 6 heteroatoms. The Morgan fingerprint density at radius 1 is 1.24 bits per heavy atom. The van der Waals surface area contributed by atoms with Gasteiger partial charge in [0.15, 0.2) is 0 Å². The average Bonchev–Trinajstić information content (AvgIpc) is 2.42. The van der Waals surface area contributed by atoms with Crippen molar-refractivity contribution in [3.05, 3.63) is 11.9 Å². The van der Waals surface area contributed by atoms with Crippen molar-refractivity contribution in [2.75, 3.05) is 37.4 Å². The number of rotatable bonds is 8. The predicted octanol–water partition coefficient (Wildman–Crippen LogP) is 2.02. The van der Waals surface area contributed by atoms with Crippen LogP contribution in [0, 0.1) is 0 Å². The number of anilines is 2. The van der Waals surface area contributed by atoms with E-state index < -0.39 is 6.10 Å². The van der Waals surface area contributed by atoms with E-state index in [4.69, 9.17) is 4.74 Å². The van der Waals surface area contributed by atoms with Gasteiger partial charge in [-0.05, 0) is 6.42 Å². The molecule has 0 aliphatic rings. The molecule has 120 valence electrons. The molecule has 21 heavy (non-hydrogen) atoms. The largest absolute Gasteiger partial charge is 0.389 e. The summed E-state index contributed by atoms with van der Waals surface area (Å²) < 4.78 is 4.91. The fourth-order valence-corrected chi connectivity index (χ4v) is 1.69. The van der Waals surface area contributed by atoms with Crippen LogP contribution in [0.3, 0.4) is 0 Å². The number of hydrogen-bond acceptors (Lipinski definition) is 6. The summed E-state index contributed by atoms with van der Waals surface area (Å²) >= 11 is 0. The van der Waals surface area contributed by atoms with Gasteiger partial charge in [-0.1, -0.05) is 27.7 Å². The average molecular weight is 296 g/mol. The lowest BCUT2D eigenvalue weighted by Crippen LogP contribution is -2.25. The van der Waals surface area contributed by atoms with Gasteiger partial charge >= 0.3 is 0 Å². The second-order valence-corrected chi connectivity index (χ2v) is 6.13. The first-order valence-electron chi connectivity index (χ1n) is 7.41. The Morgan fingerprint density at radius 3 is 2.38 bits per heavy atom. The Bertz CT molecular complexity index is 432. The molecule has 0 aliphatic carbocycles. The number of methoxy groups -OCH3 is 1. The third-order valence-electron chi connectivity index (χ3n) is 2.83. The van der Waals surface area contributed by atoms with E-state index in [0.717, 1.165) is 24.6 Å². The Hall–Kier alpha value is -1.40. The van der Waals surface area contributed by atoms with Crippen molar-refractivity contribution in [2.45, 2.75) is 45.6 Å². The van der Waals surface area contributed by atoms with Crippen LogP contribution in [-0.2, 0) is 10.2 Å². The topological polar surface area (TPSA) is 79.3 Å². The van der Waals surface area contributed by atoms with E-state index in [1.807, 2.05) is 6.07 Å². The van der Waals surface area contributed by atoms with Crippen LogP contribution in [-0.4, -0.2) is 48.0 Å². The van der Waals surface area contributed by atoms with E-state index in [1.54, 1.807) is 7.11 Å². The molecule has 0 fully saturated rings. The highest BCUT2D eigenvalue weighted by molar-refractivity contribution is 5.48. The molecule has 0 bridgehead atoms. The van der Waals surface area contributed by atoms with Gasteiger partial charge in [0, 0.05) is 31.7 Å². The molecule has 0 amide bonds. The minimum atomic E-state index is -0.560. The second-order valence-electron chi connectivity index (χ2n) is 6.13. The van der Waals surface area contributed by atoms with Gasteiger partial charge in [0.2, 0.25) is 0 Å². The van der Waals surface area contributed by atoms with E-state index in [-0.39, 0.29) is 5.41 Å². The number of aromatic nitrogens is 2. The first-order chi connectivity index (χ1) is 9.86. The van der Waals surface area contributed by atoms with Crippen molar-refractivity contribution >= 4 is 11.6 Å². The number of aliphatic hydroxyl groups excluding tert-OH is 1. The summed E-state index contributed by atoms with van der Waals surface area (Å²) in [5.74, 6) is 2.29. The number of hydrogen-bond donors (Lipinski definition) is 3. The van der Waals surface area contributed by atoms with Gasteiger partial charge < -0.3 is 20.5 Å². The van der Waals surface area contributed by atoms with Crippen molar-refractivity contribution in [3.8, 4) is 0 Å². The van der Waals surface area contributed by atoms with Gasteiger partial charge in [0.05, 0.1) is 12.7 Å². The minimum absolute atomic E-state index is 0.133. The SMILES string of the molecule is CCCNc1cc(NCC(O)COC)nc(C(C)(C)C)n1. The Balaban J connectivity index is 2.85. The monoisotopic (exact) mass is 296 g/mol. The molecule has 1 unspecified atom stereocenters. The molecule has 0 aromatic carbocycles. The maximum Gasteiger partial charge on any atom is 0.138 e. The molecule has 1 heterocycles. The van der Waals surface area contributed by atoms with Crippen LogP contribution < -0.4 is 10.6 Å². The van der Waals surface area contributed by atoms with Crippen LogP contribution in [0.5, 0.6) is 0 Å². The maximum absolute atomic E-state index is 9.70. The molecule has 1 aromatic heterocycles. The van der Waals surface area contributed by atoms with E-state index in [0.29, 0.717) is 19.0 Å². The van der Waals surface area contributed by atoms with Crippen molar-refractivity contribution in [1.82, 2.24) is 9.97 Å². The first-order valence-corrected chi connectivity index (χ1v) is 7.41. The molecule has 0 radical (unpaired) electrons. The van der Waals surface area contributed by atoms with Gasteiger partial charge in [-0.2, -0.15) is 0 Å². The zero-order valence-corrected chi connectivity index (χ0v) is 13.7. The van der Waals surface area contributed by atoms with Gasteiger partial charge in [0.1, 0.15) is 17.5 Å². The fourth-order valence-electron chi connectivity index (χ4n) is 1.69. The third kappa shape index (κ3) is 6.27. The van der Waals surface area contributed by atoms with Crippen LogP contribution in [0.25, 0.3) is 0 Å². The number of nitrogens with zero attached hydrogens (tertiary/aromatic N) is 2. The highest BCUT2D eigenvalue weighted by Crippen LogP contribution is 2.22. The van der Waals surface area contributed by atoms with E-state index in [9.17, 15) is 5.11 Å². The standard InChI is InChI=1S/C15H28N4O2/c1-6-7-16-12-8-13(17-9-11(20)10-21-5)19-14(18-12)15(2,3)4/h8,11,20H,6-7,9-10H2,1-5H3,(H2,16,17,18,19). The third-order valence-corrected chi connectivity index (χ3v) is 2.83. The zero-order chi connectivity index (χ0) is 15.9. The van der Waals surface area contributed by atoms with Crippen molar-refractivity contribution in [1.29, 1.82) is 0 Å². The molecule has 0 spiro atoms. The van der Waals surface area contributed by atoms with Crippen molar-refractivity contribution in [3.63, 3.8) is 0 Å². The lowest BCUT2D eigenvalue weighted by Gasteiger charge is -2.20. The molecular formula is C15H28N4O2. The van der Waals surface area contributed by atoms with Crippen LogP contribution in [0.15, 0.2) is 6.07 Å². The molecule has 0 saturated carbocycles.